The fourth-order valence-electron chi connectivity index (χ4n) is 1.80. The molecule has 1 heterocycles. The van der Waals surface area contributed by atoms with Gasteiger partial charge >= 0.3 is 0 Å². The van der Waals surface area contributed by atoms with Crippen LogP contribution in [0.5, 0.6) is 0 Å². The van der Waals surface area contributed by atoms with Crippen molar-refractivity contribution in [3.63, 3.8) is 0 Å². The normalized spacial score (nSPS) is 11.6. The molecule has 0 fully saturated rings. The van der Waals surface area contributed by atoms with Crippen molar-refractivity contribution < 1.29 is 0 Å². The van der Waals surface area contributed by atoms with Crippen LogP contribution >= 0.6 is 0 Å². The van der Waals surface area contributed by atoms with Gasteiger partial charge in [-0.2, -0.15) is 0 Å². The summed E-state index contributed by atoms with van der Waals surface area (Å²) in [6.45, 7) is 1.75. The zero-order chi connectivity index (χ0) is 13.1. The molecule has 92 valence electrons. The summed E-state index contributed by atoms with van der Waals surface area (Å²) in [7, 11) is 1.81. The maximum atomic E-state index is 7.78. The molecule has 5 heteroatoms. The summed E-state index contributed by atoms with van der Waals surface area (Å²) in [6, 6.07) is 5.72. The van der Waals surface area contributed by atoms with Crippen LogP contribution in [-0.4, -0.2) is 22.7 Å². The van der Waals surface area contributed by atoms with Crippen molar-refractivity contribution in [2.45, 2.75) is 6.92 Å². The number of nitrogens with zero attached hydrogens (tertiary/aromatic N) is 2. The molecule has 0 spiro atoms. The van der Waals surface area contributed by atoms with E-state index in [1.54, 1.807) is 13.1 Å². The van der Waals surface area contributed by atoms with Crippen LogP contribution in [0.4, 0.5) is 5.82 Å². The molecule has 0 saturated carbocycles. The molecule has 0 bridgehead atoms. The van der Waals surface area contributed by atoms with E-state index in [0.29, 0.717) is 11.5 Å². The Morgan fingerprint density at radius 3 is 2.83 bits per heavy atom. The molecule has 0 aliphatic heterocycles. The van der Waals surface area contributed by atoms with Crippen LogP contribution in [0.3, 0.4) is 0 Å². The van der Waals surface area contributed by atoms with E-state index in [2.05, 4.69) is 15.3 Å². The van der Waals surface area contributed by atoms with E-state index in [1.807, 2.05) is 25.2 Å². The van der Waals surface area contributed by atoms with E-state index in [-0.39, 0.29) is 0 Å². The number of allylic oxidation sites excluding steroid dienone is 1. The molecule has 18 heavy (non-hydrogen) atoms. The van der Waals surface area contributed by atoms with E-state index in [9.17, 15) is 0 Å². The quantitative estimate of drug-likeness (QED) is 0.715. The molecular formula is C13H15N5. The van der Waals surface area contributed by atoms with Gasteiger partial charge in [0.2, 0.25) is 0 Å². The summed E-state index contributed by atoms with van der Waals surface area (Å²) in [5.74, 6) is 0.452. The predicted octanol–water partition coefficient (Wildman–Crippen LogP) is 1.81. The van der Waals surface area contributed by atoms with Crippen molar-refractivity contribution in [3.8, 4) is 0 Å². The summed E-state index contributed by atoms with van der Waals surface area (Å²) < 4.78 is 0. The Bertz CT molecular complexity index is 630. The largest absolute Gasteiger partial charge is 0.393 e. The van der Waals surface area contributed by atoms with Crippen molar-refractivity contribution in [1.82, 2.24) is 15.3 Å². The molecule has 5 nitrogen and oxygen atoms in total. The number of benzene rings is 1. The molecule has 1 aromatic heterocycles. The molecule has 0 aliphatic rings. The molecular weight excluding hydrogens is 226 g/mol. The first-order chi connectivity index (χ1) is 8.63. The van der Waals surface area contributed by atoms with Gasteiger partial charge in [-0.05, 0) is 24.6 Å². The molecule has 0 saturated heterocycles. The predicted molar refractivity (Wildman–Crippen MR) is 74.4 cm³/mol. The van der Waals surface area contributed by atoms with E-state index < -0.39 is 0 Å². The SMILES string of the molecule is CN/C=C(\C(C)=N)c1ccc2ncnc(N)c2c1. The summed E-state index contributed by atoms with van der Waals surface area (Å²) in [6.07, 6.45) is 3.24. The second-order valence-electron chi connectivity index (χ2n) is 3.96. The molecule has 0 amide bonds. The van der Waals surface area contributed by atoms with Gasteiger partial charge in [0.15, 0.2) is 0 Å². The van der Waals surface area contributed by atoms with Gasteiger partial charge < -0.3 is 16.5 Å². The lowest BCUT2D eigenvalue weighted by Crippen LogP contribution is -2.03. The van der Waals surface area contributed by atoms with Crippen molar-refractivity contribution in [1.29, 1.82) is 5.41 Å². The van der Waals surface area contributed by atoms with Gasteiger partial charge in [0, 0.05) is 29.9 Å². The average molecular weight is 241 g/mol. The maximum Gasteiger partial charge on any atom is 0.134 e. The van der Waals surface area contributed by atoms with Crippen LogP contribution < -0.4 is 11.1 Å². The number of hydrogen-bond donors (Lipinski definition) is 3. The number of fused-ring (bicyclic) bond motifs is 1. The van der Waals surface area contributed by atoms with Crippen molar-refractivity contribution >= 4 is 28.0 Å². The van der Waals surface area contributed by atoms with Gasteiger partial charge in [0.25, 0.3) is 0 Å². The lowest BCUT2D eigenvalue weighted by Gasteiger charge is -2.08. The number of nitrogen functional groups attached to an aromatic ring is 1. The monoisotopic (exact) mass is 241 g/mol. The number of rotatable bonds is 3. The number of nitrogens with one attached hydrogen (secondary N) is 2. The van der Waals surface area contributed by atoms with E-state index >= 15 is 0 Å². The minimum absolute atomic E-state index is 0.452. The van der Waals surface area contributed by atoms with Crippen LogP contribution in [0.2, 0.25) is 0 Å². The third-order valence-corrected chi connectivity index (χ3v) is 2.67. The minimum atomic E-state index is 0.452. The first kappa shape index (κ1) is 12.0. The zero-order valence-electron chi connectivity index (χ0n) is 10.4. The van der Waals surface area contributed by atoms with E-state index in [0.717, 1.165) is 22.0 Å². The Balaban J connectivity index is 2.62. The number of aromatic nitrogens is 2. The zero-order valence-corrected chi connectivity index (χ0v) is 10.4. The van der Waals surface area contributed by atoms with Crippen LogP contribution in [0.1, 0.15) is 12.5 Å². The van der Waals surface area contributed by atoms with Crippen LogP contribution in [0.25, 0.3) is 16.5 Å². The standard InChI is InChI=1S/C13H15N5/c1-8(14)11(6-16-2)9-3-4-12-10(5-9)13(15)18-7-17-12/h3-7,14,16H,1-2H3,(H2,15,17,18)/b11-6+,14-8?. The Morgan fingerprint density at radius 1 is 1.39 bits per heavy atom. The molecule has 0 aliphatic carbocycles. The first-order valence-corrected chi connectivity index (χ1v) is 5.57. The van der Waals surface area contributed by atoms with Crippen LogP contribution in [0, 0.1) is 5.41 Å². The summed E-state index contributed by atoms with van der Waals surface area (Å²) in [4.78, 5) is 8.13. The van der Waals surface area contributed by atoms with E-state index in [1.165, 1.54) is 6.33 Å². The third-order valence-electron chi connectivity index (χ3n) is 2.67. The summed E-state index contributed by atoms with van der Waals surface area (Å²) in [5, 5.41) is 11.5. The van der Waals surface area contributed by atoms with Gasteiger partial charge in [0.05, 0.1) is 5.52 Å². The Morgan fingerprint density at radius 2 is 2.17 bits per heavy atom. The lowest BCUT2D eigenvalue weighted by molar-refractivity contribution is 1.11. The topological polar surface area (TPSA) is 87.7 Å². The Kier molecular flexibility index (Phi) is 3.23. The number of nitrogens with two attached hydrogens (primary N) is 1. The average Bonchev–Trinajstić information content (AvgIpc) is 2.36. The summed E-state index contributed by atoms with van der Waals surface area (Å²) in [5.41, 5.74) is 8.87. The molecule has 1 aromatic carbocycles. The van der Waals surface area contributed by atoms with Crippen molar-refractivity contribution in [2.24, 2.45) is 0 Å². The maximum absolute atomic E-state index is 7.78. The number of anilines is 1. The smallest absolute Gasteiger partial charge is 0.134 e. The highest BCUT2D eigenvalue weighted by Crippen LogP contribution is 2.23. The molecule has 0 unspecified atom stereocenters. The van der Waals surface area contributed by atoms with Gasteiger partial charge in [0.1, 0.15) is 12.1 Å². The minimum Gasteiger partial charge on any atom is -0.393 e. The first-order valence-electron chi connectivity index (χ1n) is 5.57. The van der Waals surface area contributed by atoms with E-state index in [4.69, 9.17) is 11.1 Å². The second kappa shape index (κ2) is 4.83. The molecule has 0 atom stereocenters. The Hall–Kier alpha value is -2.43. The van der Waals surface area contributed by atoms with Crippen LogP contribution in [-0.2, 0) is 0 Å². The Labute approximate surface area is 105 Å². The highest BCUT2D eigenvalue weighted by Gasteiger charge is 2.07. The fraction of sp³-hybridized carbons (Fsp3) is 0.154. The highest BCUT2D eigenvalue weighted by atomic mass is 14.9. The van der Waals surface area contributed by atoms with Crippen LogP contribution in [0.15, 0.2) is 30.7 Å². The lowest BCUT2D eigenvalue weighted by atomic mass is 10.0. The molecule has 2 aromatic rings. The third kappa shape index (κ3) is 2.15. The van der Waals surface area contributed by atoms with Gasteiger partial charge in [-0.1, -0.05) is 6.07 Å². The highest BCUT2D eigenvalue weighted by molar-refractivity contribution is 6.21. The van der Waals surface area contributed by atoms with Gasteiger partial charge in [-0.15, -0.1) is 0 Å². The van der Waals surface area contributed by atoms with Crippen molar-refractivity contribution in [2.75, 3.05) is 12.8 Å². The fourth-order valence-corrected chi connectivity index (χ4v) is 1.80. The van der Waals surface area contributed by atoms with Gasteiger partial charge in [-0.25, -0.2) is 9.97 Å². The second-order valence-corrected chi connectivity index (χ2v) is 3.96. The molecule has 4 N–H and O–H groups in total. The number of hydrogen-bond acceptors (Lipinski definition) is 5. The van der Waals surface area contributed by atoms with Gasteiger partial charge in [-0.3, -0.25) is 0 Å². The summed E-state index contributed by atoms with van der Waals surface area (Å²) >= 11 is 0. The molecule has 2 rings (SSSR count). The molecule has 0 radical (unpaired) electrons. The van der Waals surface area contributed by atoms with Crippen molar-refractivity contribution in [3.05, 3.63) is 36.3 Å².